The van der Waals surface area contributed by atoms with E-state index < -0.39 is 30.0 Å². The van der Waals surface area contributed by atoms with E-state index >= 15 is 0 Å². The maximum Gasteiger partial charge on any atom is 0.411 e. The maximum atomic E-state index is 12.8. The number of carbonyl (C=O) groups is 1. The zero-order valence-corrected chi connectivity index (χ0v) is 10.8. The summed E-state index contributed by atoms with van der Waals surface area (Å²) in [6.07, 6.45) is -5.26. The summed E-state index contributed by atoms with van der Waals surface area (Å²) in [7, 11) is 0. The van der Waals surface area contributed by atoms with E-state index in [-0.39, 0.29) is 19.4 Å². The third-order valence-corrected chi connectivity index (χ3v) is 2.76. The number of alkyl halides is 3. The molecule has 0 aromatic heterocycles. The Labute approximate surface area is 104 Å². The van der Waals surface area contributed by atoms with Gasteiger partial charge >= 0.3 is 12.3 Å². The first-order valence-electron chi connectivity index (χ1n) is 5.84. The van der Waals surface area contributed by atoms with Crippen LogP contribution < -0.4 is 5.73 Å². The Morgan fingerprint density at radius 1 is 1.33 bits per heavy atom. The third-order valence-electron chi connectivity index (χ3n) is 2.76. The van der Waals surface area contributed by atoms with Crippen molar-refractivity contribution in [2.24, 2.45) is 5.73 Å². The Kier molecular flexibility index (Phi) is 4.15. The molecule has 0 spiro atoms. The van der Waals surface area contributed by atoms with Crippen molar-refractivity contribution in [3.8, 4) is 0 Å². The summed E-state index contributed by atoms with van der Waals surface area (Å²) in [5.41, 5.74) is 4.59. The minimum absolute atomic E-state index is 0.00578. The summed E-state index contributed by atoms with van der Waals surface area (Å²) >= 11 is 0. The Balaban J connectivity index is 2.88. The van der Waals surface area contributed by atoms with Gasteiger partial charge in [0.1, 0.15) is 11.6 Å². The van der Waals surface area contributed by atoms with Crippen LogP contribution in [0.2, 0.25) is 0 Å². The minimum atomic E-state index is -4.44. The van der Waals surface area contributed by atoms with Gasteiger partial charge in [0.25, 0.3) is 0 Å². The van der Waals surface area contributed by atoms with E-state index in [2.05, 4.69) is 0 Å². The molecule has 1 saturated heterocycles. The van der Waals surface area contributed by atoms with Crippen molar-refractivity contribution in [2.45, 2.75) is 57.5 Å². The Bertz CT molecular complexity index is 312. The predicted octanol–water partition coefficient (Wildman–Crippen LogP) is 2.28. The van der Waals surface area contributed by atoms with Gasteiger partial charge in [0.15, 0.2) is 0 Å². The molecule has 0 radical (unpaired) electrons. The number of hydrogen-bond acceptors (Lipinski definition) is 3. The maximum absolute atomic E-state index is 12.8. The SMILES string of the molecule is CC(C)(C)OC(=O)N1[C@H](CN)CC[C@@H]1C(F)(F)F. The minimum Gasteiger partial charge on any atom is -0.444 e. The Morgan fingerprint density at radius 2 is 1.89 bits per heavy atom. The Morgan fingerprint density at radius 3 is 2.28 bits per heavy atom. The molecule has 1 amide bonds. The van der Waals surface area contributed by atoms with Gasteiger partial charge in [-0.15, -0.1) is 0 Å². The number of amides is 1. The monoisotopic (exact) mass is 268 g/mol. The Hall–Kier alpha value is -0.980. The lowest BCUT2D eigenvalue weighted by Gasteiger charge is -2.32. The molecule has 0 aliphatic carbocycles. The lowest BCUT2D eigenvalue weighted by atomic mass is 10.2. The summed E-state index contributed by atoms with van der Waals surface area (Å²) in [6, 6.07) is -2.40. The fraction of sp³-hybridized carbons (Fsp3) is 0.909. The highest BCUT2D eigenvalue weighted by Gasteiger charge is 2.52. The fourth-order valence-electron chi connectivity index (χ4n) is 2.03. The van der Waals surface area contributed by atoms with Gasteiger partial charge in [-0.05, 0) is 33.6 Å². The smallest absolute Gasteiger partial charge is 0.411 e. The van der Waals surface area contributed by atoms with E-state index in [0.717, 1.165) is 4.90 Å². The molecule has 18 heavy (non-hydrogen) atoms. The molecule has 7 heteroatoms. The van der Waals surface area contributed by atoms with Gasteiger partial charge in [0.05, 0.1) is 0 Å². The first-order valence-corrected chi connectivity index (χ1v) is 5.84. The lowest BCUT2D eigenvalue weighted by molar-refractivity contribution is -0.176. The summed E-state index contributed by atoms with van der Waals surface area (Å²) in [5.74, 6) is 0. The van der Waals surface area contributed by atoms with Gasteiger partial charge in [0.2, 0.25) is 0 Å². The molecule has 4 nitrogen and oxygen atoms in total. The fourth-order valence-corrected chi connectivity index (χ4v) is 2.03. The first-order chi connectivity index (χ1) is 8.06. The normalized spacial score (nSPS) is 25.4. The molecule has 106 valence electrons. The molecule has 2 N–H and O–H groups in total. The molecule has 1 aliphatic heterocycles. The quantitative estimate of drug-likeness (QED) is 0.793. The van der Waals surface area contributed by atoms with E-state index in [1.165, 1.54) is 0 Å². The number of halogens is 3. The number of rotatable bonds is 1. The van der Waals surface area contributed by atoms with Crippen molar-refractivity contribution in [3.63, 3.8) is 0 Å². The van der Waals surface area contributed by atoms with Crippen LogP contribution in [0.1, 0.15) is 33.6 Å². The molecule has 1 rings (SSSR count). The largest absolute Gasteiger partial charge is 0.444 e. The highest BCUT2D eigenvalue weighted by molar-refractivity contribution is 5.69. The van der Waals surface area contributed by atoms with Crippen LogP contribution in [0.25, 0.3) is 0 Å². The summed E-state index contributed by atoms with van der Waals surface area (Å²) in [5, 5.41) is 0. The topological polar surface area (TPSA) is 55.6 Å². The molecule has 1 heterocycles. The zero-order valence-electron chi connectivity index (χ0n) is 10.8. The van der Waals surface area contributed by atoms with Crippen LogP contribution in [0.4, 0.5) is 18.0 Å². The average Bonchev–Trinajstić information content (AvgIpc) is 2.56. The van der Waals surface area contributed by atoms with Crippen molar-refractivity contribution < 1.29 is 22.7 Å². The molecule has 1 aliphatic rings. The third kappa shape index (κ3) is 3.51. The van der Waals surface area contributed by atoms with Crippen molar-refractivity contribution in [3.05, 3.63) is 0 Å². The number of ether oxygens (including phenoxy) is 1. The van der Waals surface area contributed by atoms with Crippen LogP contribution in [0.15, 0.2) is 0 Å². The number of carbonyl (C=O) groups excluding carboxylic acids is 1. The average molecular weight is 268 g/mol. The van der Waals surface area contributed by atoms with E-state index in [1.807, 2.05) is 0 Å². The summed E-state index contributed by atoms with van der Waals surface area (Å²) in [4.78, 5) is 12.6. The van der Waals surface area contributed by atoms with E-state index in [4.69, 9.17) is 10.5 Å². The van der Waals surface area contributed by atoms with Gasteiger partial charge in [0, 0.05) is 12.6 Å². The molecule has 2 atom stereocenters. The zero-order chi connectivity index (χ0) is 14.1. The van der Waals surface area contributed by atoms with Gasteiger partial charge < -0.3 is 10.5 Å². The van der Waals surface area contributed by atoms with Gasteiger partial charge in [-0.25, -0.2) is 4.79 Å². The highest BCUT2D eigenvalue weighted by atomic mass is 19.4. The van der Waals surface area contributed by atoms with E-state index in [1.54, 1.807) is 20.8 Å². The second-order valence-corrected chi connectivity index (χ2v) is 5.41. The number of nitrogens with two attached hydrogens (primary N) is 1. The van der Waals surface area contributed by atoms with Crippen LogP contribution >= 0.6 is 0 Å². The molecular weight excluding hydrogens is 249 g/mol. The predicted molar refractivity (Wildman–Crippen MR) is 60.0 cm³/mol. The van der Waals surface area contributed by atoms with Crippen LogP contribution in [0, 0.1) is 0 Å². The van der Waals surface area contributed by atoms with E-state index in [9.17, 15) is 18.0 Å². The van der Waals surface area contributed by atoms with Crippen LogP contribution in [-0.2, 0) is 4.74 Å². The number of likely N-dealkylation sites (tertiary alicyclic amines) is 1. The molecular formula is C11H19F3N2O2. The van der Waals surface area contributed by atoms with Crippen molar-refractivity contribution in [1.29, 1.82) is 0 Å². The van der Waals surface area contributed by atoms with Crippen molar-refractivity contribution >= 4 is 6.09 Å². The summed E-state index contributed by atoms with van der Waals surface area (Å²) in [6.45, 7) is 4.84. The van der Waals surface area contributed by atoms with Crippen molar-refractivity contribution in [2.75, 3.05) is 6.54 Å². The number of nitrogens with zero attached hydrogens (tertiary/aromatic N) is 1. The van der Waals surface area contributed by atoms with Crippen molar-refractivity contribution in [1.82, 2.24) is 4.90 Å². The standard InChI is InChI=1S/C11H19F3N2O2/c1-10(2,3)18-9(17)16-7(6-15)4-5-8(16)11(12,13)14/h7-8H,4-6,15H2,1-3H3/t7-,8+/m0/s1. The second kappa shape index (κ2) is 4.95. The second-order valence-electron chi connectivity index (χ2n) is 5.41. The summed E-state index contributed by atoms with van der Waals surface area (Å²) < 4.78 is 43.5. The van der Waals surface area contributed by atoms with Gasteiger partial charge in [-0.3, -0.25) is 4.90 Å². The molecule has 1 fully saturated rings. The molecule has 0 saturated carbocycles. The highest BCUT2D eigenvalue weighted by Crippen LogP contribution is 2.36. The first kappa shape index (κ1) is 15.1. The molecule has 0 unspecified atom stereocenters. The van der Waals surface area contributed by atoms with Crippen LogP contribution in [-0.4, -0.2) is 41.4 Å². The van der Waals surface area contributed by atoms with Crippen LogP contribution in [0.5, 0.6) is 0 Å². The molecule has 0 aromatic carbocycles. The van der Waals surface area contributed by atoms with E-state index in [0.29, 0.717) is 0 Å². The number of hydrogen-bond donors (Lipinski definition) is 1. The van der Waals surface area contributed by atoms with Gasteiger partial charge in [-0.1, -0.05) is 0 Å². The molecule has 0 bridgehead atoms. The van der Waals surface area contributed by atoms with Gasteiger partial charge in [-0.2, -0.15) is 13.2 Å². The van der Waals surface area contributed by atoms with Crippen LogP contribution in [0.3, 0.4) is 0 Å². The lowest BCUT2D eigenvalue weighted by Crippen LogP contribution is -2.51. The molecule has 0 aromatic rings.